The maximum atomic E-state index is 11.7. The van der Waals surface area contributed by atoms with Crippen LogP contribution in [0.3, 0.4) is 0 Å². The second-order valence-electron chi connectivity index (χ2n) is 4.47. The largest absolute Gasteiger partial charge is 0.481 e. The number of aliphatic carboxylic acids is 1. The summed E-state index contributed by atoms with van der Waals surface area (Å²) >= 11 is 0. The fourth-order valence-corrected chi connectivity index (χ4v) is 1.60. The lowest BCUT2D eigenvalue weighted by Crippen LogP contribution is -2.20. The van der Waals surface area contributed by atoms with E-state index in [0.29, 0.717) is 6.42 Å². The molecule has 0 spiro atoms. The van der Waals surface area contributed by atoms with Crippen molar-refractivity contribution in [2.45, 2.75) is 26.9 Å². The SMILES string of the molecule is C[C@H](C[C@H](C)C(=O)OCc1ccccc1)C(=O)O. The zero-order valence-electron chi connectivity index (χ0n) is 10.6. The molecule has 1 rings (SSSR count). The summed E-state index contributed by atoms with van der Waals surface area (Å²) in [6.45, 7) is 3.50. The number of esters is 1. The predicted octanol–water partition coefficient (Wildman–Crippen LogP) is 2.48. The van der Waals surface area contributed by atoms with Crippen molar-refractivity contribution in [3.8, 4) is 0 Å². The van der Waals surface area contributed by atoms with Crippen molar-refractivity contribution in [1.29, 1.82) is 0 Å². The summed E-state index contributed by atoms with van der Waals surface area (Å²) in [7, 11) is 0. The summed E-state index contributed by atoms with van der Waals surface area (Å²) in [5.74, 6) is -2.19. The fraction of sp³-hybridized carbons (Fsp3) is 0.429. The summed E-state index contributed by atoms with van der Waals surface area (Å²) < 4.78 is 5.14. The van der Waals surface area contributed by atoms with E-state index in [1.807, 2.05) is 30.3 Å². The zero-order valence-corrected chi connectivity index (χ0v) is 10.6. The number of carbonyl (C=O) groups excluding carboxylic acids is 1. The van der Waals surface area contributed by atoms with E-state index < -0.39 is 17.8 Å². The first-order valence-electron chi connectivity index (χ1n) is 5.94. The van der Waals surface area contributed by atoms with Gasteiger partial charge in [-0.05, 0) is 12.0 Å². The minimum absolute atomic E-state index is 0.228. The first kappa shape index (κ1) is 14.2. The van der Waals surface area contributed by atoms with Gasteiger partial charge in [0.25, 0.3) is 0 Å². The summed E-state index contributed by atoms with van der Waals surface area (Å²) in [4.78, 5) is 22.3. The maximum absolute atomic E-state index is 11.7. The van der Waals surface area contributed by atoms with Crippen LogP contribution in [0.2, 0.25) is 0 Å². The zero-order chi connectivity index (χ0) is 13.5. The van der Waals surface area contributed by atoms with E-state index >= 15 is 0 Å². The van der Waals surface area contributed by atoms with E-state index in [1.165, 1.54) is 0 Å². The van der Waals surface area contributed by atoms with Crippen LogP contribution in [0.1, 0.15) is 25.8 Å². The normalized spacial score (nSPS) is 13.7. The highest BCUT2D eigenvalue weighted by Crippen LogP contribution is 2.14. The van der Waals surface area contributed by atoms with Gasteiger partial charge in [0.15, 0.2) is 0 Å². The van der Waals surface area contributed by atoms with E-state index in [-0.39, 0.29) is 12.6 Å². The van der Waals surface area contributed by atoms with Crippen LogP contribution in [0.15, 0.2) is 30.3 Å². The van der Waals surface area contributed by atoms with Crippen LogP contribution in [0, 0.1) is 11.8 Å². The van der Waals surface area contributed by atoms with E-state index in [9.17, 15) is 9.59 Å². The number of carboxylic acids is 1. The van der Waals surface area contributed by atoms with E-state index in [2.05, 4.69) is 0 Å². The average molecular weight is 250 g/mol. The van der Waals surface area contributed by atoms with Crippen LogP contribution in [0.4, 0.5) is 0 Å². The Balaban J connectivity index is 2.39. The molecule has 0 radical (unpaired) electrons. The summed E-state index contributed by atoms with van der Waals surface area (Å²) in [6, 6.07) is 9.39. The number of carboxylic acid groups (broad SMARTS) is 1. The van der Waals surface area contributed by atoms with Crippen molar-refractivity contribution in [3.05, 3.63) is 35.9 Å². The molecule has 0 saturated heterocycles. The first-order valence-corrected chi connectivity index (χ1v) is 5.94. The van der Waals surface area contributed by atoms with Crippen LogP contribution < -0.4 is 0 Å². The van der Waals surface area contributed by atoms with Gasteiger partial charge in [-0.15, -0.1) is 0 Å². The molecule has 0 unspecified atom stereocenters. The Kier molecular flexibility index (Phi) is 5.36. The van der Waals surface area contributed by atoms with Crippen molar-refractivity contribution in [2.75, 3.05) is 0 Å². The Labute approximate surface area is 107 Å². The van der Waals surface area contributed by atoms with Gasteiger partial charge < -0.3 is 9.84 Å². The predicted molar refractivity (Wildman–Crippen MR) is 66.8 cm³/mol. The van der Waals surface area contributed by atoms with Gasteiger partial charge in [-0.25, -0.2) is 0 Å². The molecule has 1 N–H and O–H groups in total. The molecular weight excluding hydrogens is 232 g/mol. The van der Waals surface area contributed by atoms with E-state index in [0.717, 1.165) is 5.56 Å². The summed E-state index contributed by atoms with van der Waals surface area (Å²) in [6.07, 6.45) is 0.295. The molecule has 1 aromatic carbocycles. The summed E-state index contributed by atoms with van der Waals surface area (Å²) in [5.41, 5.74) is 0.921. The van der Waals surface area contributed by atoms with Gasteiger partial charge in [0.1, 0.15) is 6.61 Å². The van der Waals surface area contributed by atoms with Gasteiger partial charge in [-0.3, -0.25) is 9.59 Å². The molecule has 0 fully saturated rings. The number of benzene rings is 1. The first-order chi connectivity index (χ1) is 8.50. The van der Waals surface area contributed by atoms with Crippen molar-refractivity contribution in [2.24, 2.45) is 11.8 Å². The standard InChI is InChI=1S/C14H18O4/c1-10(13(15)16)8-11(2)14(17)18-9-12-6-4-3-5-7-12/h3-7,10-11H,8-9H2,1-2H3,(H,15,16)/t10-,11+/m1/s1. The molecule has 0 saturated carbocycles. The lowest BCUT2D eigenvalue weighted by atomic mass is 9.98. The number of rotatable bonds is 6. The maximum Gasteiger partial charge on any atom is 0.309 e. The molecule has 0 bridgehead atoms. The van der Waals surface area contributed by atoms with Gasteiger partial charge in [0, 0.05) is 0 Å². The summed E-state index contributed by atoms with van der Waals surface area (Å²) in [5, 5.41) is 8.77. The number of carbonyl (C=O) groups is 2. The van der Waals surface area contributed by atoms with Gasteiger partial charge in [0.2, 0.25) is 0 Å². The molecular formula is C14H18O4. The van der Waals surface area contributed by atoms with Crippen molar-refractivity contribution >= 4 is 11.9 Å². The van der Waals surface area contributed by atoms with Crippen molar-refractivity contribution < 1.29 is 19.4 Å². The highest BCUT2D eigenvalue weighted by Gasteiger charge is 2.21. The molecule has 98 valence electrons. The quantitative estimate of drug-likeness (QED) is 0.788. The molecule has 18 heavy (non-hydrogen) atoms. The molecule has 0 aliphatic rings. The van der Waals surface area contributed by atoms with Gasteiger partial charge >= 0.3 is 11.9 Å². The molecule has 0 aromatic heterocycles. The lowest BCUT2D eigenvalue weighted by molar-refractivity contribution is -0.150. The van der Waals surface area contributed by atoms with Crippen LogP contribution in [-0.2, 0) is 20.9 Å². The minimum Gasteiger partial charge on any atom is -0.481 e. The molecule has 0 heterocycles. The van der Waals surface area contributed by atoms with Crippen LogP contribution in [0.25, 0.3) is 0 Å². The van der Waals surface area contributed by atoms with Crippen LogP contribution in [0.5, 0.6) is 0 Å². The van der Waals surface area contributed by atoms with Crippen LogP contribution in [-0.4, -0.2) is 17.0 Å². The van der Waals surface area contributed by atoms with E-state index in [1.54, 1.807) is 13.8 Å². The third-order valence-electron chi connectivity index (χ3n) is 2.75. The Morgan fingerprint density at radius 3 is 2.33 bits per heavy atom. The monoisotopic (exact) mass is 250 g/mol. The minimum atomic E-state index is -0.891. The fourth-order valence-electron chi connectivity index (χ4n) is 1.60. The molecule has 1 aromatic rings. The Morgan fingerprint density at radius 1 is 1.17 bits per heavy atom. The second kappa shape index (κ2) is 6.79. The van der Waals surface area contributed by atoms with Gasteiger partial charge in [0.05, 0.1) is 11.8 Å². The van der Waals surface area contributed by atoms with Gasteiger partial charge in [-0.2, -0.15) is 0 Å². The van der Waals surface area contributed by atoms with Gasteiger partial charge in [-0.1, -0.05) is 44.2 Å². The Bertz CT molecular complexity index is 400. The third kappa shape index (κ3) is 4.57. The van der Waals surface area contributed by atoms with Crippen molar-refractivity contribution in [1.82, 2.24) is 0 Å². The number of ether oxygens (including phenoxy) is 1. The number of hydrogen-bond donors (Lipinski definition) is 1. The smallest absolute Gasteiger partial charge is 0.309 e. The third-order valence-corrected chi connectivity index (χ3v) is 2.75. The lowest BCUT2D eigenvalue weighted by Gasteiger charge is -2.13. The topological polar surface area (TPSA) is 63.6 Å². The number of hydrogen-bond acceptors (Lipinski definition) is 3. The molecule has 0 amide bonds. The molecule has 4 heteroatoms. The second-order valence-corrected chi connectivity index (χ2v) is 4.47. The highest BCUT2D eigenvalue weighted by atomic mass is 16.5. The van der Waals surface area contributed by atoms with Crippen LogP contribution >= 0.6 is 0 Å². The Hall–Kier alpha value is -1.84. The van der Waals surface area contributed by atoms with E-state index in [4.69, 9.17) is 9.84 Å². The molecule has 2 atom stereocenters. The molecule has 4 nitrogen and oxygen atoms in total. The Morgan fingerprint density at radius 2 is 1.78 bits per heavy atom. The molecule has 0 aliphatic heterocycles. The van der Waals surface area contributed by atoms with Crippen molar-refractivity contribution in [3.63, 3.8) is 0 Å². The molecule has 0 aliphatic carbocycles. The highest BCUT2D eigenvalue weighted by molar-refractivity contribution is 5.74. The average Bonchev–Trinajstić information content (AvgIpc) is 2.36.